The minimum absolute atomic E-state index is 0.536. The zero-order chi connectivity index (χ0) is 13.9. The van der Waals surface area contributed by atoms with Gasteiger partial charge in [0.15, 0.2) is 0 Å². The lowest BCUT2D eigenvalue weighted by atomic mass is 9.78. The Morgan fingerprint density at radius 2 is 2.11 bits per heavy atom. The highest BCUT2D eigenvalue weighted by atomic mass is 35.5. The van der Waals surface area contributed by atoms with E-state index in [0.29, 0.717) is 17.3 Å². The van der Waals surface area contributed by atoms with Crippen LogP contribution in [0.3, 0.4) is 0 Å². The normalized spacial score (nSPS) is 27.2. The summed E-state index contributed by atoms with van der Waals surface area (Å²) in [5.41, 5.74) is 6.74. The summed E-state index contributed by atoms with van der Waals surface area (Å²) in [5, 5.41) is 14.5. The highest BCUT2D eigenvalue weighted by Crippen LogP contribution is 2.34. The third-order valence-electron chi connectivity index (χ3n) is 4.24. The first kappa shape index (κ1) is 14.5. The molecule has 0 aromatic heterocycles. The summed E-state index contributed by atoms with van der Waals surface area (Å²) in [6.45, 7) is 2.76. The number of anilines is 2. The number of nitrogens with two attached hydrogens (primary N) is 1. The first-order valence-corrected chi connectivity index (χ1v) is 7.41. The van der Waals surface area contributed by atoms with Crippen molar-refractivity contribution in [3.63, 3.8) is 0 Å². The van der Waals surface area contributed by atoms with E-state index < -0.39 is 5.60 Å². The molecule has 4 N–H and O–H groups in total. The number of hydrogen-bond donors (Lipinski definition) is 3. The Bertz CT molecular complexity index is 428. The molecule has 0 atom stereocenters. The van der Waals surface area contributed by atoms with E-state index in [-0.39, 0.29) is 0 Å². The van der Waals surface area contributed by atoms with Gasteiger partial charge in [-0.2, -0.15) is 0 Å². The molecule has 1 aromatic rings. The van der Waals surface area contributed by atoms with Gasteiger partial charge in [0.1, 0.15) is 0 Å². The fraction of sp³-hybridized carbons (Fsp3) is 0.600. The third-order valence-corrected chi connectivity index (χ3v) is 4.47. The summed E-state index contributed by atoms with van der Waals surface area (Å²) < 4.78 is 0. The van der Waals surface area contributed by atoms with Crippen molar-refractivity contribution in [2.45, 2.75) is 44.6 Å². The maximum atomic E-state index is 10.6. The molecule has 2 rings (SSSR count). The van der Waals surface area contributed by atoms with Gasteiger partial charge in [-0.15, -0.1) is 0 Å². The molecular formula is C15H23ClN2O. The van der Waals surface area contributed by atoms with E-state index in [0.717, 1.165) is 37.3 Å². The van der Waals surface area contributed by atoms with Gasteiger partial charge in [0, 0.05) is 11.6 Å². The Labute approximate surface area is 120 Å². The van der Waals surface area contributed by atoms with Gasteiger partial charge in [-0.05, 0) is 49.8 Å². The van der Waals surface area contributed by atoms with Crippen molar-refractivity contribution in [3.05, 3.63) is 23.2 Å². The van der Waals surface area contributed by atoms with Gasteiger partial charge in [-0.1, -0.05) is 24.9 Å². The molecule has 0 amide bonds. The van der Waals surface area contributed by atoms with Crippen LogP contribution in [0.15, 0.2) is 18.2 Å². The number of nitrogens with one attached hydrogen (secondary N) is 1. The van der Waals surface area contributed by atoms with E-state index in [1.165, 1.54) is 6.42 Å². The lowest BCUT2D eigenvalue weighted by Crippen LogP contribution is -2.40. The van der Waals surface area contributed by atoms with Gasteiger partial charge >= 0.3 is 0 Å². The monoisotopic (exact) mass is 282 g/mol. The van der Waals surface area contributed by atoms with Crippen molar-refractivity contribution in [1.82, 2.24) is 0 Å². The first-order chi connectivity index (χ1) is 9.02. The number of aliphatic hydroxyl groups is 1. The van der Waals surface area contributed by atoms with Gasteiger partial charge in [-0.3, -0.25) is 0 Å². The molecule has 1 saturated carbocycles. The van der Waals surface area contributed by atoms with Crippen LogP contribution in [0.25, 0.3) is 0 Å². The minimum Gasteiger partial charge on any atom is -0.397 e. The van der Waals surface area contributed by atoms with E-state index in [4.69, 9.17) is 17.3 Å². The van der Waals surface area contributed by atoms with Gasteiger partial charge in [0.05, 0.1) is 17.0 Å². The van der Waals surface area contributed by atoms with Crippen LogP contribution in [0.2, 0.25) is 5.02 Å². The van der Waals surface area contributed by atoms with Crippen molar-refractivity contribution in [2.24, 2.45) is 5.92 Å². The maximum Gasteiger partial charge on any atom is 0.0819 e. The summed E-state index contributed by atoms with van der Waals surface area (Å²) >= 11 is 5.95. The zero-order valence-corrected chi connectivity index (χ0v) is 12.2. The Hall–Kier alpha value is -0.930. The van der Waals surface area contributed by atoms with Crippen molar-refractivity contribution in [3.8, 4) is 0 Å². The molecule has 0 aliphatic heterocycles. The van der Waals surface area contributed by atoms with Gasteiger partial charge in [0.25, 0.3) is 0 Å². The van der Waals surface area contributed by atoms with E-state index in [1.807, 2.05) is 0 Å². The topological polar surface area (TPSA) is 58.3 Å². The average Bonchev–Trinajstić information content (AvgIpc) is 2.41. The van der Waals surface area contributed by atoms with Crippen LogP contribution >= 0.6 is 11.6 Å². The lowest BCUT2D eigenvalue weighted by Gasteiger charge is -2.36. The maximum absolute atomic E-state index is 10.6. The molecule has 1 aliphatic carbocycles. The molecule has 19 heavy (non-hydrogen) atoms. The quantitative estimate of drug-likeness (QED) is 0.739. The minimum atomic E-state index is -0.611. The molecule has 0 spiro atoms. The van der Waals surface area contributed by atoms with E-state index >= 15 is 0 Å². The fourth-order valence-electron chi connectivity index (χ4n) is 2.74. The molecule has 1 aliphatic rings. The molecule has 4 heteroatoms. The predicted octanol–water partition coefficient (Wildman–Crippen LogP) is 3.67. The third kappa shape index (κ3) is 3.77. The van der Waals surface area contributed by atoms with Crippen LogP contribution in [0.1, 0.15) is 39.0 Å². The fourth-order valence-corrected chi connectivity index (χ4v) is 2.91. The second-order valence-electron chi connectivity index (χ2n) is 5.66. The summed E-state index contributed by atoms with van der Waals surface area (Å²) in [4.78, 5) is 0. The van der Waals surface area contributed by atoms with E-state index in [2.05, 4.69) is 12.2 Å². The van der Waals surface area contributed by atoms with Crippen molar-refractivity contribution < 1.29 is 5.11 Å². The van der Waals surface area contributed by atoms with Crippen LogP contribution < -0.4 is 11.1 Å². The molecule has 0 unspecified atom stereocenters. The summed E-state index contributed by atoms with van der Waals surface area (Å²) in [5.74, 6) is 0.775. The zero-order valence-electron chi connectivity index (χ0n) is 11.5. The van der Waals surface area contributed by atoms with Crippen LogP contribution in [0.5, 0.6) is 0 Å². The second-order valence-corrected chi connectivity index (χ2v) is 6.10. The summed E-state index contributed by atoms with van der Waals surface area (Å²) in [6.07, 6.45) is 5.15. The van der Waals surface area contributed by atoms with Crippen LogP contribution in [0.4, 0.5) is 11.4 Å². The van der Waals surface area contributed by atoms with Gasteiger partial charge < -0.3 is 16.2 Å². The average molecular weight is 283 g/mol. The Morgan fingerprint density at radius 1 is 1.42 bits per heavy atom. The number of benzene rings is 1. The van der Waals surface area contributed by atoms with Crippen molar-refractivity contribution >= 4 is 23.0 Å². The number of nitrogen functional groups attached to an aromatic ring is 1. The molecule has 3 nitrogen and oxygen atoms in total. The van der Waals surface area contributed by atoms with Gasteiger partial charge in [0.2, 0.25) is 0 Å². The predicted molar refractivity (Wildman–Crippen MR) is 81.6 cm³/mol. The SMILES string of the molecule is CCC1CCC(O)(CNc2cc(Cl)ccc2N)CC1. The van der Waals surface area contributed by atoms with E-state index in [9.17, 15) is 5.11 Å². The smallest absolute Gasteiger partial charge is 0.0819 e. The highest BCUT2D eigenvalue weighted by Gasteiger charge is 2.32. The molecule has 1 fully saturated rings. The Balaban J connectivity index is 1.93. The van der Waals surface area contributed by atoms with Crippen LogP contribution in [0, 0.1) is 5.92 Å². The summed E-state index contributed by atoms with van der Waals surface area (Å²) in [7, 11) is 0. The molecule has 0 heterocycles. The molecule has 1 aromatic carbocycles. The molecule has 0 saturated heterocycles. The van der Waals surface area contributed by atoms with Gasteiger partial charge in [-0.25, -0.2) is 0 Å². The number of hydrogen-bond acceptors (Lipinski definition) is 3. The van der Waals surface area contributed by atoms with Crippen LogP contribution in [-0.4, -0.2) is 17.3 Å². The highest BCUT2D eigenvalue weighted by molar-refractivity contribution is 6.31. The second kappa shape index (κ2) is 6.02. The molecule has 0 radical (unpaired) electrons. The van der Waals surface area contributed by atoms with E-state index in [1.54, 1.807) is 18.2 Å². The number of halogens is 1. The Morgan fingerprint density at radius 3 is 2.74 bits per heavy atom. The van der Waals surface area contributed by atoms with Crippen molar-refractivity contribution in [1.29, 1.82) is 0 Å². The lowest BCUT2D eigenvalue weighted by molar-refractivity contribution is 0.00231. The first-order valence-electron chi connectivity index (χ1n) is 7.04. The molecule has 106 valence electrons. The number of rotatable bonds is 4. The summed E-state index contributed by atoms with van der Waals surface area (Å²) in [6, 6.07) is 5.35. The standard InChI is InChI=1S/C15H23ClN2O/c1-2-11-5-7-15(19,8-6-11)10-18-14-9-12(16)3-4-13(14)17/h3-4,9,11,18-19H,2,5-8,10,17H2,1H3. The Kier molecular flexibility index (Phi) is 4.58. The largest absolute Gasteiger partial charge is 0.397 e. The molecular weight excluding hydrogens is 260 g/mol. The molecule has 0 bridgehead atoms. The van der Waals surface area contributed by atoms with Crippen LogP contribution in [-0.2, 0) is 0 Å². The van der Waals surface area contributed by atoms with Crippen molar-refractivity contribution in [2.75, 3.05) is 17.6 Å².